The summed E-state index contributed by atoms with van der Waals surface area (Å²) in [5.74, 6) is 1.17. The monoisotopic (exact) mass is 307 g/mol. The van der Waals surface area contributed by atoms with Crippen LogP contribution in [0.15, 0.2) is 66.1 Å². The van der Waals surface area contributed by atoms with E-state index in [1.54, 1.807) is 0 Å². The van der Waals surface area contributed by atoms with Crippen molar-refractivity contribution in [3.63, 3.8) is 0 Å². The zero-order valence-electron chi connectivity index (χ0n) is 12.4. The second kappa shape index (κ2) is 5.54. The summed E-state index contributed by atoms with van der Waals surface area (Å²) in [6.45, 7) is 1.11. The van der Waals surface area contributed by atoms with Gasteiger partial charge in [0.2, 0.25) is 0 Å². The molecule has 4 heteroatoms. The van der Waals surface area contributed by atoms with Gasteiger partial charge in [-0.05, 0) is 47.5 Å². The third-order valence-electron chi connectivity index (χ3n) is 4.04. The second-order valence-corrected chi connectivity index (χ2v) is 6.60. The molecule has 1 aliphatic heterocycles. The van der Waals surface area contributed by atoms with Crippen molar-refractivity contribution in [2.24, 2.45) is 0 Å². The fraction of sp³-hybridized carbons (Fsp3) is 0.167. The molecule has 0 fully saturated rings. The lowest BCUT2D eigenvalue weighted by molar-refractivity contribution is 0.938. The first-order valence-corrected chi connectivity index (χ1v) is 8.36. The van der Waals surface area contributed by atoms with Crippen molar-refractivity contribution in [1.29, 1.82) is 0 Å². The maximum Gasteiger partial charge on any atom is 0.0523 e. The van der Waals surface area contributed by atoms with E-state index in [1.165, 1.54) is 33.2 Å². The summed E-state index contributed by atoms with van der Waals surface area (Å²) in [5.41, 5.74) is 4.93. The molecule has 0 bridgehead atoms. The van der Waals surface area contributed by atoms with Gasteiger partial charge in [-0.3, -0.25) is 4.98 Å². The van der Waals surface area contributed by atoms with E-state index < -0.39 is 0 Å². The van der Waals surface area contributed by atoms with Crippen LogP contribution in [0.4, 0.5) is 5.69 Å². The summed E-state index contributed by atoms with van der Waals surface area (Å²) in [7, 11) is 2.17. The largest absolute Gasteiger partial charge is 0.373 e. The summed E-state index contributed by atoms with van der Waals surface area (Å²) in [6.07, 6.45) is 7.95. The van der Waals surface area contributed by atoms with Gasteiger partial charge < -0.3 is 9.47 Å². The van der Waals surface area contributed by atoms with Crippen molar-refractivity contribution in [3.05, 3.63) is 61.2 Å². The van der Waals surface area contributed by atoms with Gasteiger partial charge in [0.1, 0.15) is 0 Å². The van der Waals surface area contributed by atoms with Crippen molar-refractivity contribution in [2.45, 2.75) is 4.90 Å². The molecule has 3 nitrogen and oxygen atoms in total. The molecule has 110 valence electrons. The SMILES string of the molecule is CN1CCSc2ccc(-n3ccc(-c4ccncc4)c3)cc21. The Hall–Kier alpha value is -2.20. The minimum Gasteiger partial charge on any atom is -0.373 e. The minimum atomic E-state index is 1.11. The Kier molecular flexibility index (Phi) is 3.39. The first kappa shape index (κ1) is 13.5. The van der Waals surface area contributed by atoms with Gasteiger partial charge in [0.05, 0.1) is 5.69 Å². The minimum absolute atomic E-state index is 1.11. The molecule has 0 atom stereocenters. The molecule has 0 N–H and O–H groups in total. The zero-order valence-corrected chi connectivity index (χ0v) is 13.3. The molecule has 2 aromatic heterocycles. The number of rotatable bonds is 2. The van der Waals surface area contributed by atoms with E-state index in [-0.39, 0.29) is 0 Å². The highest BCUT2D eigenvalue weighted by Crippen LogP contribution is 2.35. The quantitative estimate of drug-likeness (QED) is 0.712. The van der Waals surface area contributed by atoms with Crippen LogP contribution in [-0.4, -0.2) is 28.9 Å². The van der Waals surface area contributed by atoms with Gasteiger partial charge >= 0.3 is 0 Å². The van der Waals surface area contributed by atoms with E-state index in [1.807, 2.05) is 36.3 Å². The highest BCUT2D eigenvalue weighted by molar-refractivity contribution is 7.99. The lowest BCUT2D eigenvalue weighted by atomic mass is 10.1. The molecule has 3 heterocycles. The molecule has 1 aromatic carbocycles. The van der Waals surface area contributed by atoms with E-state index >= 15 is 0 Å². The van der Waals surface area contributed by atoms with E-state index in [0.29, 0.717) is 0 Å². The number of thioether (sulfide) groups is 1. The van der Waals surface area contributed by atoms with Gasteiger partial charge in [0.15, 0.2) is 0 Å². The number of hydrogen-bond donors (Lipinski definition) is 0. The molecular weight excluding hydrogens is 290 g/mol. The Balaban J connectivity index is 1.71. The van der Waals surface area contributed by atoms with Crippen LogP contribution in [0.5, 0.6) is 0 Å². The van der Waals surface area contributed by atoms with E-state index in [4.69, 9.17) is 0 Å². The average Bonchev–Trinajstić information content (AvgIpc) is 3.06. The van der Waals surface area contributed by atoms with Gasteiger partial charge in [0.25, 0.3) is 0 Å². The van der Waals surface area contributed by atoms with Crippen LogP contribution in [0, 0.1) is 0 Å². The number of hydrogen-bond acceptors (Lipinski definition) is 3. The third-order valence-corrected chi connectivity index (χ3v) is 5.09. The molecule has 0 aliphatic carbocycles. The van der Waals surface area contributed by atoms with Gasteiger partial charge in [-0.1, -0.05) is 0 Å². The van der Waals surface area contributed by atoms with Crippen molar-refractivity contribution < 1.29 is 0 Å². The lowest BCUT2D eigenvalue weighted by Crippen LogP contribution is -2.24. The fourth-order valence-corrected chi connectivity index (χ4v) is 3.88. The molecule has 0 unspecified atom stereocenters. The molecule has 4 rings (SSSR count). The lowest BCUT2D eigenvalue weighted by Gasteiger charge is -2.27. The summed E-state index contributed by atoms with van der Waals surface area (Å²) < 4.78 is 2.18. The predicted molar refractivity (Wildman–Crippen MR) is 93.0 cm³/mol. The Morgan fingerprint density at radius 2 is 1.91 bits per heavy atom. The van der Waals surface area contributed by atoms with E-state index in [2.05, 4.69) is 58.2 Å². The Morgan fingerprint density at radius 3 is 2.77 bits per heavy atom. The van der Waals surface area contributed by atoms with E-state index in [9.17, 15) is 0 Å². The summed E-state index contributed by atoms with van der Waals surface area (Å²) >= 11 is 1.94. The van der Waals surface area contributed by atoms with Crippen LogP contribution in [0.25, 0.3) is 16.8 Å². The molecule has 22 heavy (non-hydrogen) atoms. The topological polar surface area (TPSA) is 21.1 Å². The highest BCUT2D eigenvalue weighted by atomic mass is 32.2. The van der Waals surface area contributed by atoms with Crippen molar-refractivity contribution in [3.8, 4) is 16.8 Å². The number of fused-ring (bicyclic) bond motifs is 1. The predicted octanol–water partition coefficient (Wildman–Crippen LogP) is 4.08. The van der Waals surface area contributed by atoms with Crippen LogP contribution >= 0.6 is 11.8 Å². The van der Waals surface area contributed by atoms with Gasteiger partial charge in [-0.2, -0.15) is 0 Å². The highest BCUT2D eigenvalue weighted by Gasteiger charge is 2.15. The van der Waals surface area contributed by atoms with Gasteiger partial charge in [-0.25, -0.2) is 0 Å². The van der Waals surface area contributed by atoms with E-state index in [0.717, 1.165) is 6.54 Å². The Labute approximate surface area is 134 Å². The van der Waals surface area contributed by atoms with Crippen LogP contribution in [0.3, 0.4) is 0 Å². The standard InChI is InChI=1S/C18H17N3S/c1-20-10-11-22-18-3-2-16(12-17(18)20)21-9-6-15(13-21)14-4-7-19-8-5-14/h2-9,12-13H,10-11H2,1H3. The molecule has 0 saturated heterocycles. The van der Waals surface area contributed by atoms with Crippen LogP contribution in [-0.2, 0) is 0 Å². The first-order valence-electron chi connectivity index (χ1n) is 7.38. The number of nitrogens with zero attached hydrogens (tertiary/aromatic N) is 3. The molecule has 1 aliphatic rings. The molecule has 0 amide bonds. The molecule has 0 saturated carbocycles. The summed E-state index contributed by atoms with van der Waals surface area (Å²) in [5, 5.41) is 0. The van der Waals surface area contributed by atoms with Crippen molar-refractivity contribution >= 4 is 17.4 Å². The maximum atomic E-state index is 4.08. The Morgan fingerprint density at radius 1 is 1.05 bits per heavy atom. The Bertz CT molecular complexity index is 795. The normalized spacial score (nSPS) is 14.0. The number of aromatic nitrogens is 2. The molecule has 0 spiro atoms. The smallest absolute Gasteiger partial charge is 0.0523 e. The number of benzene rings is 1. The summed E-state index contributed by atoms with van der Waals surface area (Å²) in [4.78, 5) is 7.79. The maximum absolute atomic E-state index is 4.08. The van der Waals surface area contributed by atoms with Gasteiger partial charge in [-0.15, -0.1) is 11.8 Å². The second-order valence-electron chi connectivity index (χ2n) is 5.47. The van der Waals surface area contributed by atoms with Crippen molar-refractivity contribution in [2.75, 3.05) is 24.2 Å². The summed E-state index contributed by atoms with van der Waals surface area (Å²) in [6, 6.07) is 12.9. The third kappa shape index (κ3) is 2.40. The molecule has 3 aromatic rings. The molecular formula is C18H17N3S. The fourth-order valence-electron chi connectivity index (χ4n) is 2.77. The number of pyridine rings is 1. The zero-order chi connectivity index (χ0) is 14.9. The van der Waals surface area contributed by atoms with Crippen LogP contribution in [0.1, 0.15) is 0 Å². The molecule has 0 radical (unpaired) electrons. The van der Waals surface area contributed by atoms with Gasteiger partial charge in [0, 0.05) is 54.7 Å². The average molecular weight is 307 g/mol. The first-order chi connectivity index (χ1) is 10.8. The number of anilines is 1. The van der Waals surface area contributed by atoms with Crippen LogP contribution < -0.4 is 4.90 Å². The van der Waals surface area contributed by atoms with Crippen LogP contribution in [0.2, 0.25) is 0 Å². The van der Waals surface area contributed by atoms with Crippen molar-refractivity contribution in [1.82, 2.24) is 9.55 Å².